The zero-order valence-electron chi connectivity index (χ0n) is 19.7. The van der Waals surface area contributed by atoms with Gasteiger partial charge in [-0.3, -0.25) is 0 Å². The molecule has 1 aliphatic carbocycles. The van der Waals surface area contributed by atoms with Crippen molar-refractivity contribution in [2.75, 3.05) is 23.3 Å². The molecule has 2 saturated heterocycles. The lowest BCUT2D eigenvalue weighted by molar-refractivity contribution is -0.140. The van der Waals surface area contributed by atoms with Crippen LogP contribution in [0, 0.1) is 30.5 Å². The highest BCUT2D eigenvalue weighted by molar-refractivity contribution is 7.10. The Balaban J connectivity index is 1.33. The maximum Gasteiger partial charge on any atom is 0.419 e. The number of halogens is 4. The molecule has 35 heavy (non-hydrogen) atoms. The molecule has 3 aliphatic rings. The van der Waals surface area contributed by atoms with Gasteiger partial charge in [-0.05, 0) is 74.3 Å². The number of nitrogens with zero attached hydrogens (tertiary/aromatic N) is 5. The topological polar surface area (TPSA) is 68.1 Å². The lowest BCUT2D eigenvalue weighted by Crippen LogP contribution is -2.66. The van der Waals surface area contributed by atoms with Crippen LogP contribution < -0.4 is 15.0 Å². The molecule has 2 bridgehead atoms. The van der Waals surface area contributed by atoms with Crippen LogP contribution in [0.5, 0.6) is 11.8 Å². The molecule has 4 heterocycles. The molecule has 1 saturated carbocycles. The van der Waals surface area contributed by atoms with Gasteiger partial charge in [0.15, 0.2) is 0 Å². The van der Waals surface area contributed by atoms with Crippen LogP contribution in [0.15, 0.2) is 24.3 Å². The lowest BCUT2D eigenvalue weighted by Gasteiger charge is -2.58. The standard InChI is InChI=1S/C23H26F4N6OS/c1-11(2)33-22(34-14-5-6-18(24)17(8-14)23(25,26)27)29-21(30-33)28-20-15-9-32(10-16(20)13(15)4)19-7-12(3)31-35-19/h5-8,11,13,15-16,20H,9-10H2,1-4H3,(H,28,30)/t13?,15-,16?,20?/m1/s1. The van der Waals surface area contributed by atoms with Crippen molar-refractivity contribution in [1.82, 2.24) is 19.1 Å². The summed E-state index contributed by atoms with van der Waals surface area (Å²) in [5.74, 6) is 0.201. The van der Waals surface area contributed by atoms with Crippen molar-refractivity contribution in [3.8, 4) is 11.8 Å². The third-order valence-electron chi connectivity index (χ3n) is 6.90. The maximum atomic E-state index is 13.7. The summed E-state index contributed by atoms with van der Waals surface area (Å²) in [4.78, 5) is 6.79. The van der Waals surface area contributed by atoms with Crippen LogP contribution in [-0.4, -0.2) is 38.3 Å². The van der Waals surface area contributed by atoms with Crippen molar-refractivity contribution in [1.29, 1.82) is 0 Å². The Morgan fingerprint density at radius 1 is 1.17 bits per heavy atom. The van der Waals surface area contributed by atoms with Gasteiger partial charge in [-0.15, -0.1) is 5.10 Å². The van der Waals surface area contributed by atoms with Crippen molar-refractivity contribution < 1.29 is 22.3 Å². The molecule has 2 aromatic heterocycles. The molecule has 12 heteroatoms. The number of benzene rings is 1. The smallest absolute Gasteiger partial charge is 0.419 e. The van der Waals surface area contributed by atoms with Crippen molar-refractivity contribution in [3.63, 3.8) is 0 Å². The Kier molecular flexibility index (Phi) is 5.89. The van der Waals surface area contributed by atoms with E-state index in [0.717, 1.165) is 30.9 Å². The third kappa shape index (κ3) is 4.43. The fraction of sp³-hybridized carbons (Fsp3) is 0.522. The van der Waals surface area contributed by atoms with Crippen molar-refractivity contribution in [2.45, 2.75) is 46.0 Å². The van der Waals surface area contributed by atoms with Crippen LogP contribution in [0.1, 0.15) is 38.1 Å². The zero-order valence-corrected chi connectivity index (χ0v) is 20.5. The van der Waals surface area contributed by atoms with Crippen molar-refractivity contribution in [2.24, 2.45) is 17.8 Å². The molecule has 1 aromatic carbocycles. The Morgan fingerprint density at radius 3 is 2.49 bits per heavy atom. The van der Waals surface area contributed by atoms with E-state index in [9.17, 15) is 17.6 Å². The fourth-order valence-electron chi connectivity index (χ4n) is 5.00. The minimum Gasteiger partial charge on any atom is -0.424 e. The molecule has 188 valence electrons. The molecule has 0 amide bonds. The summed E-state index contributed by atoms with van der Waals surface area (Å²) in [5, 5.41) is 9.11. The first-order chi connectivity index (χ1) is 16.5. The van der Waals surface area contributed by atoms with Gasteiger partial charge < -0.3 is 15.0 Å². The van der Waals surface area contributed by atoms with Gasteiger partial charge in [0.2, 0.25) is 5.95 Å². The number of piperidine rings is 2. The van der Waals surface area contributed by atoms with Gasteiger partial charge in [0.1, 0.15) is 16.6 Å². The van der Waals surface area contributed by atoms with Gasteiger partial charge in [0.25, 0.3) is 0 Å². The fourth-order valence-corrected chi connectivity index (χ4v) is 5.77. The molecule has 0 spiro atoms. The summed E-state index contributed by atoms with van der Waals surface area (Å²) in [6.07, 6.45) is -4.83. The average molecular weight is 511 g/mol. The largest absolute Gasteiger partial charge is 0.424 e. The molecule has 3 unspecified atom stereocenters. The zero-order chi connectivity index (χ0) is 25.1. The minimum absolute atomic E-state index is 0.0431. The van der Waals surface area contributed by atoms with E-state index in [2.05, 4.69) is 37.7 Å². The van der Waals surface area contributed by atoms with Crippen LogP contribution in [0.2, 0.25) is 0 Å². The second kappa shape index (κ2) is 8.65. The molecule has 6 rings (SSSR count). The van der Waals surface area contributed by atoms with E-state index in [1.54, 1.807) is 0 Å². The predicted octanol–water partition coefficient (Wildman–Crippen LogP) is 5.76. The maximum absolute atomic E-state index is 13.7. The van der Waals surface area contributed by atoms with E-state index >= 15 is 0 Å². The highest BCUT2D eigenvalue weighted by Gasteiger charge is 2.53. The first-order valence-corrected chi connectivity index (χ1v) is 12.2. The summed E-state index contributed by atoms with van der Waals surface area (Å²) in [5.41, 5.74) is -0.368. The Hall–Kier alpha value is -2.89. The molecule has 1 N–H and O–H groups in total. The Labute approximate surface area is 204 Å². The van der Waals surface area contributed by atoms with E-state index in [1.165, 1.54) is 21.2 Å². The summed E-state index contributed by atoms with van der Waals surface area (Å²) in [6, 6.07) is 4.70. The first-order valence-electron chi connectivity index (χ1n) is 11.5. The van der Waals surface area contributed by atoms with Crippen LogP contribution in [0.3, 0.4) is 0 Å². The SMILES string of the molecule is Cc1cc(N2CC3C(C)[C@@H](C2)C3Nc2nc(Oc3ccc(F)c(C(F)(F)F)c3)n(C(C)C)n2)sn1. The Morgan fingerprint density at radius 2 is 1.89 bits per heavy atom. The summed E-state index contributed by atoms with van der Waals surface area (Å²) in [6.45, 7) is 9.79. The van der Waals surface area contributed by atoms with Crippen LogP contribution >= 0.6 is 11.5 Å². The highest BCUT2D eigenvalue weighted by atomic mass is 32.1. The molecule has 4 atom stereocenters. The lowest BCUT2D eigenvalue weighted by atomic mass is 9.58. The summed E-state index contributed by atoms with van der Waals surface area (Å²) in [7, 11) is 0. The number of aromatic nitrogens is 4. The van der Waals surface area contributed by atoms with E-state index < -0.39 is 17.6 Å². The van der Waals surface area contributed by atoms with E-state index in [0.29, 0.717) is 29.8 Å². The number of rotatable bonds is 6. The number of aryl methyl sites for hydroxylation is 1. The number of nitrogens with one attached hydrogen (secondary N) is 1. The average Bonchev–Trinajstić information content (AvgIpc) is 3.41. The van der Waals surface area contributed by atoms with E-state index in [1.807, 2.05) is 20.8 Å². The molecule has 3 aromatic rings. The van der Waals surface area contributed by atoms with Gasteiger partial charge in [-0.2, -0.15) is 22.5 Å². The normalized spacial score (nSPS) is 24.0. The molecular weight excluding hydrogens is 484 g/mol. The molecule has 3 fully saturated rings. The Bertz CT molecular complexity index is 1210. The second-order valence-corrected chi connectivity index (χ2v) is 10.3. The molecule has 2 aliphatic heterocycles. The van der Waals surface area contributed by atoms with Gasteiger partial charge in [-0.1, -0.05) is 6.92 Å². The third-order valence-corrected chi connectivity index (χ3v) is 7.84. The van der Waals surface area contributed by atoms with Gasteiger partial charge in [0, 0.05) is 19.1 Å². The number of hydrogen-bond acceptors (Lipinski definition) is 7. The number of hydrogen-bond donors (Lipinski definition) is 1. The number of fused-ring (bicyclic) bond motifs is 2. The predicted molar refractivity (Wildman–Crippen MR) is 125 cm³/mol. The number of ether oxygens (including phenoxy) is 1. The number of alkyl halides is 3. The van der Waals surface area contributed by atoms with Gasteiger partial charge in [-0.25, -0.2) is 9.07 Å². The van der Waals surface area contributed by atoms with Gasteiger partial charge in [0.05, 0.1) is 17.3 Å². The second-order valence-electron chi connectivity index (χ2n) is 9.57. The molecule has 7 nitrogen and oxygen atoms in total. The first kappa shape index (κ1) is 23.8. The van der Waals surface area contributed by atoms with Crippen LogP contribution in [0.25, 0.3) is 0 Å². The highest BCUT2D eigenvalue weighted by Crippen LogP contribution is 2.48. The van der Waals surface area contributed by atoms with E-state index in [-0.39, 0.29) is 23.8 Å². The summed E-state index contributed by atoms with van der Waals surface area (Å²) < 4.78 is 64.5. The monoisotopic (exact) mass is 510 g/mol. The number of anilines is 2. The van der Waals surface area contributed by atoms with E-state index in [4.69, 9.17) is 4.74 Å². The van der Waals surface area contributed by atoms with Crippen molar-refractivity contribution >= 4 is 22.5 Å². The summed E-state index contributed by atoms with van der Waals surface area (Å²) >= 11 is 1.51. The van der Waals surface area contributed by atoms with Crippen LogP contribution in [0.4, 0.5) is 28.5 Å². The van der Waals surface area contributed by atoms with Gasteiger partial charge >= 0.3 is 12.2 Å². The quantitative estimate of drug-likeness (QED) is 0.426. The minimum atomic E-state index is -4.83. The van der Waals surface area contributed by atoms with Crippen molar-refractivity contribution in [3.05, 3.63) is 41.3 Å². The molecular formula is C23H26F4N6OS. The van der Waals surface area contributed by atoms with Crippen LogP contribution in [-0.2, 0) is 6.18 Å². The molecule has 0 radical (unpaired) electrons.